The van der Waals surface area contributed by atoms with Gasteiger partial charge in [0.25, 0.3) is 0 Å². The SMILES string of the molecule is CC(=O)c1ccc2c(c1O)CCN(C(=O)OC(C)(C)C)CC2. The van der Waals surface area contributed by atoms with E-state index >= 15 is 0 Å². The Balaban J connectivity index is 2.18. The maximum absolute atomic E-state index is 12.2. The molecule has 0 spiro atoms. The second-order valence-corrected chi connectivity index (χ2v) is 6.62. The van der Waals surface area contributed by atoms with E-state index in [9.17, 15) is 14.7 Å². The maximum Gasteiger partial charge on any atom is 0.410 e. The molecule has 1 aliphatic rings. The summed E-state index contributed by atoms with van der Waals surface area (Å²) >= 11 is 0. The standard InChI is InChI=1S/C17H23NO4/c1-11(19)13-6-5-12-7-9-18(10-8-14(12)15(13)20)16(21)22-17(2,3)4/h5-6,20H,7-10H2,1-4H3. The number of amides is 1. The highest BCUT2D eigenvalue weighted by atomic mass is 16.6. The zero-order chi connectivity index (χ0) is 16.5. The summed E-state index contributed by atoms with van der Waals surface area (Å²) in [5.41, 5.74) is 1.55. The first kappa shape index (κ1) is 16.3. The van der Waals surface area contributed by atoms with E-state index < -0.39 is 5.60 Å². The number of ketones is 1. The molecule has 1 heterocycles. The Morgan fingerprint density at radius 3 is 2.41 bits per heavy atom. The molecule has 120 valence electrons. The lowest BCUT2D eigenvalue weighted by Crippen LogP contribution is -2.38. The number of benzene rings is 1. The monoisotopic (exact) mass is 305 g/mol. The van der Waals surface area contributed by atoms with Gasteiger partial charge in [0.1, 0.15) is 11.4 Å². The molecular weight excluding hydrogens is 282 g/mol. The normalized spacial score (nSPS) is 15.0. The molecule has 1 amide bonds. The van der Waals surface area contributed by atoms with Gasteiger partial charge in [-0.15, -0.1) is 0 Å². The second kappa shape index (κ2) is 5.99. The minimum atomic E-state index is -0.528. The van der Waals surface area contributed by atoms with Crippen molar-refractivity contribution in [3.8, 4) is 5.75 Å². The highest BCUT2D eigenvalue weighted by molar-refractivity contribution is 5.97. The quantitative estimate of drug-likeness (QED) is 0.810. The maximum atomic E-state index is 12.2. The van der Waals surface area contributed by atoms with Gasteiger partial charge < -0.3 is 14.7 Å². The van der Waals surface area contributed by atoms with Gasteiger partial charge in [-0.3, -0.25) is 4.79 Å². The molecule has 0 aliphatic carbocycles. The molecule has 1 aromatic rings. The summed E-state index contributed by atoms with van der Waals surface area (Å²) in [5.74, 6) is -0.107. The number of carbonyl (C=O) groups is 2. The van der Waals surface area contributed by atoms with Gasteiger partial charge in [-0.2, -0.15) is 0 Å². The van der Waals surface area contributed by atoms with Gasteiger partial charge in [0.2, 0.25) is 0 Å². The van der Waals surface area contributed by atoms with Crippen molar-refractivity contribution < 1.29 is 19.4 Å². The molecule has 0 aromatic heterocycles. The lowest BCUT2D eigenvalue weighted by atomic mass is 9.97. The molecule has 0 bridgehead atoms. The third-order valence-corrected chi connectivity index (χ3v) is 3.69. The molecule has 1 N–H and O–H groups in total. The van der Waals surface area contributed by atoms with Gasteiger partial charge in [0.05, 0.1) is 5.56 Å². The number of Topliss-reactive ketones (excluding diaryl/α,β-unsaturated/α-hetero) is 1. The van der Waals surface area contributed by atoms with Crippen molar-refractivity contribution in [2.24, 2.45) is 0 Å². The Kier molecular flexibility index (Phi) is 4.44. The van der Waals surface area contributed by atoms with E-state index in [2.05, 4.69) is 0 Å². The van der Waals surface area contributed by atoms with Gasteiger partial charge in [-0.1, -0.05) is 6.07 Å². The first-order valence-electron chi connectivity index (χ1n) is 7.51. The predicted molar refractivity (Wildman–Crippen MR) is 83.3 cm³/mol. The Labute approximate surface area is 130 Å². The molecule has 5 heteroatoms. The molecule has 5 nitrogen and oxygen atoms in total. The zero-order valence-corrected chi connectivity index (χ0v) is 13.6. The number of ether oxygens (including phenoxy) is 1. The molecule has 0 fully saturated rings. The fourth-order valence-electron chi connectivity index (χ4n) is 2.60. The van der Waals surface area contributed by atoms with Crippen LogP contribution in [0.5, 0.6) is 5.75 Å². The van der Waals surface area contributed by atoms with Crippen molar-refractivity contribution in [3.63, 3.8) is 0 Å². The van der Waals surface area contributed by atoms with E-state index in [0.29, 0.717) is 31.5 Å². The summed E-state index contributed by atoms with van der Waals surface area (Å²) in [4.78, 5) is 25.3. The van der Waals surface area contributed by atoms with Crippen LogP contribution >= 0.6 is 0 Å². The van der Waals surface area contributed by atoms with Crippen LogP contribution in [-0.2, 0) is 17.6 Å². The molecule has 0 atom stereocenters. The van der Waals surface area contributed by atoms with E-state index in [1.54, 1.807) is 11.0 Å². The fraction of sp³-hybridized carbons (Fsp3) is 0.529. The molecule has 0 radical (unpaired) electrons. The van der Waals surface area contributed by atoms with Crippen LogP contribution in [-0.4, -0.2) is 40.6 Å². The lowest BCUT2D eigenvalue weighted by Gasteiger charge is -2.26. The first-order valence-corrected chi connectivity index (χ1v) is 7.51. The van der Waals surface area contributed by atoms with Crippen LogP contribution in [0.2, 0.25) is 0 Å². The number of rotatable bonds is 1. The molecule has 2 rings (SSSR count). The fourth-order valence-corrected chi connectivity index (χ4v) is 2.60. The molecule has 1 aliphatic heterocycles. The summed E-state index contributed by atoms with van der Waals surface area (Å²) in [6, 6.07) is 3.52. The number of carbonyl (C=O) groups excluding carboxylic acids is 2. The molecule has 0 saturated carbocycles. The second-order valence-electron chi connectivity index (χ2n) is 6.62. The number of hydrogen-bond donors (Lipinski definition) is 1. The van der Waals surface area contributed by atoms with Crippen molar-refractivity contribution in [1.29, 1.82) is 0 Å². The van der Waals surface area contributed by atoms with Crippen molar-refractivity contribution in [2.75, 3.05) is 13.1 Å². The van der Waals surface area contributed by atoms with Gasteiger partial charge in [0.15, 0.2) is 5.78 Å². The van der Waals surface area contributed by atoms with Crippen LogP contribution in [0.25, 0.3) is 0 Å². The van der Waals surface area contributed by atoms with Crippen LogP contribution in [0.4, 0.5) is 4.79 Å². The summed E-state index contributed by atoms with van der Waals surface area (Å²) in [7, 11) is 0. The number of aromatic hydroxyl groups is 1. The average molecular weight is 305 g/mol. The number of nitrogens with zero attached hydrogens (tertiary/aromatic N) is 1. The van der Waals surface area contributed by atoms with E-state index in [1.165, 1.54) is 6.92 Å². The van der Waals surface area contributed by atoms with Crippen LogP contribution in [0.3, 0.4) is 0 Å². The highest BCUT2D eigenvalue weighted by Gasteiger charge is 2.26. The van der Waals surface area contributed by atoms with Crippen molar-refractivity contribution in [1.82, 2.24) is 4.90 Å². The number of fused-ring (bicyclic) bond motifs is 1. The number of phenolic OH excluding ortho intramolecular Hbond substituents is 1. The Hall–Kier alpha value is -2.04. The van der Waals surface area contributed by atoms with E-state index in [-0.39, 0.29) is 17.6 Å². The topological polar surface area (TPSA) is 66.8 Å². The predicted octanol–water partition coefficient (Wildman–Crippen LogP) is 2.93. The van der Waals surface area contributed by atoms with Crippen molar-refractivity contribution >= 4 is 11.9 Å². The van der Waals surface area contributed by atoms with Gasteiger partial charge in [0, 0.05) is 13.1 Å². The van der Waals surface area contributed by atoms with Crippen LogP contribution < -0.4 is 0 Å². The Bertz CT molecular complexity index is 601. The summed E-state index contributed by atoms with van der Waals surface area (Å²) in [6.45, 7) is 7.95. The van der Waals surface area contributed by atoms with Crippen LogP contribution in [0.15, 0.2) is 12.1 Å². The lowest BCUT2D eigenvalue weighted by molar-refractivity contribution is 0.0258. The zero-order valence-electron chi connectivity index (χ0n) is 13.6. The van der Waals surface area contributed by atoms with E-state index in [1.807, 2.05) is 26.8 Å². The van der Waals surface area contributed by atoms with Crippen molar-refractivity contribution in [3.05, 3.63) is 28.8 Å². The van der Waals surface area contributed by atoms with Crippen molar-refractivity contribution in [2.45, 2.75) is 46.1 Å². The minimum absolute atomic E-state index is 0.0519. The summed E-state index contributed by atoms with van der Waals surface area (Å²) < 4.78 is 5.39. The first-order chi connectivity index (χ1) is 10.2. The van der Waals surface area contributed by atoms with Crippen LogP contribution in [0.1, 0.15) is 49.2 Å². The highest BCUT2D eigenvalue weighted by Crippen LogP contribution is 2.29. The molecule has 22 heavy (non-hydrogen) atoms. The largest absolute Gasteiger partial charge is 0.507 e. The van der Waals surface area contributed by atoms with Gasteiger partial charge in [-0.05, 0) is 57.7 Å². The third kappa shape index (κ3) is 3.59. The summed E-state index contributed by atoms with van der Waals surface area (Å²) in [6.07, 6.45) is 0.813. The Morgan fingerprint density at radius 1 is 1.18 bits per heavy atom. The minimum Gasteiger partial charge on any atom is -0.507 e. The molecule has 0 saturated heterocycles. The van der Waals surface area contributed by atoms with E-state index in [4.69, 9.17) is 4.74 Å². The molecular formula is C17H23NO4. The summed E-state index contributed by atoms with van der Waals surface area (Å²) in [5, 5.41) is 10.3. The van der Waals surface area contributed by atoms with Gasteiger partial charge >= 0.3 is 6.09 Å². The Morgan fingerprint density at radius 2 is 1.82 bits per heavy atom. The number of hydrogen-bond acceptors (Lipinski definition) is 4. The smallest absolute Gasteiger partial charge is 0.410 e. The molecule has 1 aromatic carbocycles. The molecule has 0 unspecified atom stereocenters. The third-order valence-electron chi connectivity index (χ3n) is 3.69. The number of phenols is 1. The van der Waals surface area contributed by atoms with Gasteiger partial charge in [-0.25, -0.2) is 4.79 Å². The average Bonchev–Trinajstić information content (AvgIpc) is 2.59. The van der Waals surface area contributed by atoms with E-state index in [0.717, 1.165) is 11.1 Å². The van der Waals surface area contributed by atoms with Crippen LogP contribution in [0, 0.1) is 0 Å².